The van der Waals surface area contributed by atoms with Crippen molar-refractivity contribution >= 4 is 31.9 Å². The van der Waals surface area contributed by atoms with Crippen LogP contribution in [0.4, 0.5) is 0 Å². The number of benzene rings is 1. The molecule has 98 valence electrons. The van der Waals surface area contributed by atoms with Crippen molar-refractivity contribution in [1.82, 2.24) is 9.97 Å². The van der Waals surface area contributed by atoms with Crippen molar-refractivity contribution in [2.45, 2.75) is 25.7 Å². The number of nitrogens with zero attached hydrogens (tertiary/aromatic N) is 2. The summed E-state index contributed by atoms with van der Waals surface area (Å²) in [5, 5.41) is 0. The number of rotatable bonds is 3. The second-order valence-electron chi connectivity index (χ2n) is 4.67. The van der Waals surface area contributed by atoms with Crippen LogP contribution in [0.15, 0.2) is 33.3 Å². The first-order valence-corrected chi connectivity index (χ1v) is 7.69. The Morgan fingerprint density at radius 2 is 1.95 bits per heavy atom. The fraction of sp³-hybridized carbons (Fsp3) is 0.286. The molecule has 1 aliphatic rings. The average Bonchev–Trinajstić information content (AvgIpc) is 3.16. The molecule has 1 heterocycles. The monoisotopic (exact) mass is 382 g/mol. The van der Waals surface area contributed by atoms with Gasteiger partial charge < -0.3 is 4.74 Å². The Kier molecular flexibility index (Phi) is 3.58. The van der Waals surface area contributed by atoms with Crippen LogP contribution in [0.5, 0.6) is 11.6 Å². The average molecular weight is 384 g/mol. The van der Waals surface area contributed by atoms with Gasteiger partial charge in [-0.25, -0.2) is 4.98 Å². The Morgan fingerprint density at radius 1 is 1.16 bits per heavy atom. The van der Waals surface area contributed by atoms with Gasteiger partial charge >= 0.3 is 0 Å². The third-order valence-electron chi connectivity index (χ3n) is 2.98. The number of halogens is 2. The van der Waals surface area contributed by atoms with E-state index in [4.69, 9.17) is 4.74 Å². The highest BCUT2D eigenvalue weighted by atomic mass is 79.9. The molecule has 19 heavy (non-hydrogen) atoms. The summed E-state index contributed by atoms with van der Waals surface area (Å²) in [7, 11) is 0. The zero-order valence-corrected chi connectivity index (χ0v) is 13.5. The Bertz CT molecular complexity index is 627. The van der Waals surface area contributed by atoms with Gasteiger partial charge in [-0.3, -0.25) is 0 Å². The Hall–Kier alpha value is -0.940. The Morgan fingerprint density at radius 3 is 2.63 bits per heavy atom. The Balaban J connectivity index is 1.89. The van der Waals surface area contributed by atoms with Gasteiger partial charge in [-0.1, -0.05) is 15.9 Å². The molecule has 0 atom stereocenters. The number of ether oxygens (including phenoxy) is 1. The maximum Gasteiger partial charge on any atom is 0.223 e. The van der Waals surface area contributed by atoms with Crippen LogP contribution in [0.25, 0.3) is 0 Å². The molecule has 0 amide bonds. The molecule has 0 bridgehead atoms. The highest BCUT2D eigenvalue weighted by molar-refractivity contribution is 9.10. The minimum atomic E-state index is 0.505. The van der Waals surface area contributed by atoms with Gasteiger partial charge in [0, 0.05) is 16.5 Å². The maximum atomic E-state index is 5.86. The molecule has 1 aromatic heterocycles. The highest BCUT2D eigenvalue weighted by Gasteiger charge is 2.27. The van der Waals surface area contributed by atoms with Gasteiger partial charge in [-0.05, 0) is 59.5 Å². The largest absolute Gasteiger partial charge is 0.439 e. The first-order chi connectivity index (χ1) is 9.11. The van der Waals surface area contributed by atoms with E-state index >= 15 is 0 Å². The molecule has 0 unspecified atom stereocenters. The molecule has 1 saturated carbocycles. The highest BCUT2D eigenvalue weighted by Crippen LogP contribution is 2.39. The minimum absolute atomic E-state index is 0.505. The van der Waals surface area contributed by atoms with Crippen molar-refractivity contribution in [3.8, 4) is 11.6 Å². The summed E-state index contributed by atoms with van der Waals surface area (Å²) in [5.74, 6) is 2.79. The fourth-order valence-corrected chi connectivity index (χ4v) is 2.68. The van der Waals surface area contributed by atoms with Gasteiger partial charge in [0.05, 0.1) is 0 Å². The molecule has 3 rings (SSSR count). The van der Waals surface area contributed by atoms with Gasteiger partial charge in [0.2, 0.25) is 5.88 Å². The molecule has 5 heteroatoms. The van der Waals surface area contributed by atoms with Gasteiger partial charge in [0.25, 0.3) is 0 Å². The smallest absolute Gasteiger partial charge is 0.223 e. The number of aromatic nitrogens is 2. The van der Waals surface area contributed by atoms with Gasteiger partial charge in [-0.15, -0.1) is 0 Å². The van der Waals surface area contributed by atoms with E-state index in [2.05, 4.69) is 41.8 Å². The predicted molar refractivity (Wildman–Crippen MR) is 80.7 cm³/mol. The summed E-state index contributed by atoms with van der Waals surface area (Å²) < 4.78 is 7.68. The second kappa shape index (κ2) is 5.21. The summed E-state index contributed by atoms with van der Waals surface area (Å²) in [5.41, 5.74) is 1.07. The molecule has 0 saturated heterocycles. The molecule has 0 N–H and O–H groups in total. The zero-order chi connectivity index (χ0) is 13.4. The van der Waals surface area contributed by atoms with Crippen molar-refractivity contribution in [1.29, 1.82) is 0 Å². The topological polar surface area (TPSA) is 35.0 Å². The van der Waals surface area contributed by atoms with Gasteiger partial charge in [0.15, 0.2) is 0 Å². The van der Waals surface area contributed by atoms with Crippen molar-refractivity contribution < 1.29 is 4.74 Å². The van der Waals surface area contributed by atoms with E-state index in [9.17, 15) is 0 Å². The van der Waals surface area contributed by atoms with E-state index in [1.165, 1.54) is 12.8 Å². The molecule has 3 nitrogen and oxygen atoms in total. The van der Waals surface area contributed by atoms with Crippen LogP contribution in [-0.4, -0.2) is 9.97 Å². The van der Waals surface area contributed by atoms with E-state index in [0.717, 1.165) is 26.2 Å². The van der Waals surface area contributed by atoms with Crippen molar-refractivity contribution in [2.24, 2.45) is 0 Å². The van der Waals surface area contributed by atoms with E-state index in [1.807, 2.05) is 25.1 Å². The molecule has 2 aromatic rings. The second-order valence-corrected chi connectivity index (χ2v) is 6.40. The molecule has 0 aliphatic heterocycles. The third-order valence-corrected chi connectivity index (χ3v) is 3.88. The molecular weight excluding hydrogens is 372 g/mol. The number of aryl methyl sites for hydroxylation is 1. The van der Waals surface area contributed by atoms with Crippen LogP contribution >= 0.6 is 31.9 Å². The number of hydrogen-bond donors (Lipinski definition) is 0. The van der Waals surface area contributed by atoms with Crippen LogP contribution in [-0.2, 0) is 0 Å². The standard InChI is InChI=1S/C14H12Br2N2O/c1-8-6-10(15)4-5-11(8)19-13-7-12(16)17-14(18-13)9-2-3-9/h4-7,9H,2-3H2,1H3. The van der Waals surface area contributed by atoms with Crippen molar-refractivity contribution in [2.75, 3.05) is 0 Å². The van der Waals surface area contributed by atoms with Gasteiger partial charge in [0.1, 0.15) is 16.2 Å². The summed E-state index contributed by atoms with van der Waals surface area (Å²) in [6.07, 6.45) is 2.35. The maximum absolute atomic E-state index is 5.86. The van der Waals surface area contributed by atoms with Crippen LogP contribution in [0.3, 0.4) is 0 Å². The SMILES string of the molecule is Cc1cc(Br)ccc1Oc1cc(Br)nc(C2CC2)n1. The van der Waals surface area contributed by atoms with Crippen molar-refractivity contribution in [3.05, 3.63) is 44.7 Å². The summed E-state index contributed by atoms with van der Waals surface area (Å²) in [6, 6.07) is 7.72. The number of hydrogen-bond acceptors (Lipinski definition) is 3. The summed E-state index contributed by atoms with van der Waals surface area (Å²) in [6.45, 7) is 2.01. The van der Waals surface area contributed by atoms with Gasteiger partial charge in [-0.2, -0.15) is 4.98 Å². The zero-order valence-electron chi connectivity index (χ0n) is 10.4. The normalized spacial score (nSPS) is 14.5. The van der Waals surface area contributed by atoms with Crippen molar-refractivity contribution in [3.63, 3.8) is 0 Å². The first-order valence-electron chi connectivity index (χ1n) is 6.10. The van der Waals surface area contributed by atoms with E-state index < -0.39 is 0 Å². The third kappa shape index (κ3) is 3.15. The quantitative estimate of drug-likeness (QED) is 0.701. The molecule has 0 spiro atoms. The predicted octanol–water partition coefficient (Wildman–Crippen LogP) is 4.98. The molecule has 1 aromatic carbocycles. The lowest BCUT2D eigenvalue weighted by molar-refractivity contribution is 0.454. The van der Waals surface area contributed by atoms with E-state index in [1.54, 1.807) is 6.07 Å². The van der Waals surface area contributed by atoms with Crippen LogP contribution in [0, 0.1) is 6.92 Å². The lowest BCUT2D eigenvalue weighted by atomic mass is 10.2. The Labute approximate surface area is 128 Å². The summed E-state index contributed by atoms with van der Waals surface area (Å²) in [4.78, 5) is 8.87. The molecular formula is C14H12Br2N2O. The lowest BCUT2D eigenvalue weighted by Gasteiger charge is -2.09. The van der Waals surface area contributed by atoms with Crippen LogP contribution in [0.1, 0.15) is 30.1 Å². The molecule has 1 fully saturated rings. The molecule has 1 aliphatic carbocycles. The molecule has 0 radical (unpaired) electrons. The van der Waals surface area contributed by atoms with Crippen LogP contribution in [0.2, 0.25) is 0 Å². The summed E-state index contributed by atoms with van der Waals surface area (Å²) >= 11 is 6.86. The lowest BCUT2D eigenvalue weighted by Crippen LogP contribution is -1.97. The fourth-order valence-electron chi connectivity index (χ4n) is 1.83. The van der Waals surface area contributed by atoms with E-state index in [-0.39, 0.29) is 0 Å². The minimum Gasteiger partial charge on any atom is -0.439 e. The van der Waals surface area contributed by atoms with Crippen LogP contribution < -0.4 is 4.74 Å². The first kappa shape index (κ1) is 13.1. The van der Waals surface area contributed by atoms with E-state index in [0.29, 0.717) is 11.8 Å².